The van der Waals surface area contributed by atoms with E-state index in [1.165, 1.54) is 0 Å². The molecule has 1 aliphatic rings. The summed E-state index contributed by atoms with van der Waals surface area (Å²) in [6.07, 6.45) is 6.27. The largest absolute Gasteiger partial charge is 0.497 e. The first-order valence-electron chi connectivity index (χ1n) is 7.27. The van der Waals surface area contributed by atoms with E-state index in [0.717, 1.165) is 21.8 Å². The first-order valence-corrected chi connectivity index (χ1v) is 7.68. The summed E-state index contributed by atoms with van der Waals surface area (Å²) in [4.78, 5) is 24.4. The second kappa shape index (κ2) is 8.39. The normalized spacial score (nSPS) is 13.4. The monoisotopic (exact) mass is 330 g/mol. The molecule has 0 unspecified atom stereocenters. The van der Waals surface area contributed by atoms with Crippen LogP contribution in [0.3, 0.4) is 0 Å². The van der Waals surface area contributed by atoms with E-state index in [9.17, 15) is 9.59 Å². The van der Waals surface area contributed by atoms with E-state index < -0.39 is 5.97 Å². The van der Waals surface area contributed by atoms with Gasteiger partial charge in [-0.2, -0.15) is 0 Å². The number of thiocarbonyl (C=S) groups is 1. The summed E-state index contributed by atoms with van der Waals surface area (Å²) in [5.41, 5.74) is 1.66. The van der Waals surface area contributed by atoms with Gasteiger partial charge in [0.15, 0.2) is 0 Å². The summed E-state index contributed by atoms with van der Waals surface area (Å²) in [5.74, 6) is 0.0262. The van der Waals surface area contributed by atoms with E-state index in [2.05, 4.69) is 0 Å². The highest BCUT2D eigenvalue weighted by atomic mass is 32.1. The molecule has 23 heavy (non-hydrogen) atoms. The lowest BCUT2D eigenvalue weighted by molar-refractivity contribution is -0.147. The Labute approximate surface area is 140 Å². The Kier molecular flexibility index (Phi) is 6.23. The number of benzene rings is 1. The third-order valence-electron chi connectivity index (χ3n) is 3.38. The SMILES string of the molecule is COc1ccc(COC(=O)CC(=O)CC2=CC=CCC2=S)cc1. The van der Waals surface area contributed by atoms with E-state index in [4.69, 9.17) is 21.7 Å². The highest BCUT2D eigenvalue weighted by molar-refractivity contribution is 7.80. The Morgan fingerprint density at radius 2 is 1.96 bits per heavy atom. The lowest BCUT2D eigenvalue weighted by Gasteiger charge is -2.10. The Morgan fingerprint density at radius 3 is 2.61 bits per heavy atom. The third-order valence-corrected chi connectivity index (χ3v) is 3.81. The number of carbonyl (C=O) groups excluding carboxylic acids is 2. The van der Waals surface area contributed by atoms with Crippen LogP contribution in [0.2, 0.25) is 0 Å². The fraction of sp³-hybridized carbons (Fsp3) is 0.278. The molecule has 1 aromatic carbocycles. The van der Waals surface area contributed by atoms with E-state index in [1.54, 1.807) is 19.2 Å². The molecule has 1 aliphatic carbocycles. The van der Waals surface area contributed by atoms with Crippen molar-refractivity contribution < 1.29 is 19.1 Å². The van der Waals surface area contributed by atoms with Crippen molar-refractivity contribution in [2.75, 3.05) is 7.11 Å². The van der Waals surface area contributed by atoms with E-state index in [-0.39, 0.29) is 25.2 Å². The fourth-order valence-electron chi connectivity index (χ4n) is 2.11. The summed E-state index contributed by atoms with van der Waals surface area (Å²) in [7, 11) is 1.59. The summed E-state index contributed by atoms with van der Waals surface area (Å²) in [6.45, 7) is 0.139. The predicted octanol–water partition coefficient (Wildman–Crippen LogP) is 3.34. The van der Waals surface area contributed by atoms with Crippen LogP contribution < -0.4 is 4.74 Å². The minimum atomic E-state index is -0.524. The van der Waals surface area contributed by atoms with Crippen LogP contribution in [0.15, 0.2) is 48.1 Å². The summed E-state index contributed by atoms with van der Waals surface area (Å²) in [5, 5.41) is 0. The van der Waals surface area contributed by atoms with Gasteiger partial charge in [-0.15, -0.1) is 0 Å². The van der Waals surface area contributed by atoms with Crippen molar-refractivity contribution in [3.8, 4) is 5.75 Å². The Morgan fingerprint density at radius 1 is 1.22 bits per heavy atom. The van der Waals surface area contributed by atoms with Gasteiger partial charge in [0.1, 0.15) is 24.6 Å². The summed E-state index contributed by atoms with van der Waals surface area (Å²) < 4.78 is 10.2. The molecule has 1 aromatic rings. The van der Waals surface area contributed by atoms with Gasteiger partial charge in [0.25, 0.3) is 0 Å². The van der Waals surface area contributed by atoms with Gasteiger partial charge in [-0.05, 0) is 23.3 Å². The number of ketones is 1. The molecule has 0 fully saturated rings. The molecule has 120 valence electrons. The zero-order valence-electron chi connectivity index (χ0n) is 12.9. The molecular formula is C18H18O4S. The Bertz CT molecular complexity index is 656. The van der Waals surface area contributed by atoms with Crippen LogP contribution in [0, 0.1) is 0 Å². The lowest BCUT2D eigenvalue weighted by atomic mass is 9.99. The van der Waals surface area contributed by atoms with Gasteiger partial charge in [0, 0.05) is 17.7 Å². The van der Waals surface area contributed by atoms with Gasteiger partial charge in [-0.3, -0.25) is 9.59 Å². The topological polar surface area (TPSA) is 52.6 Å². The van der Waals surface area contributed by atoms with Gasteiger partial charge < -0.3 is 9.47 Å². The Balaban J connectivity index is 1.77. The van der Waals surface area contributed by atoms with Crippen LogP contribution in [-0.2, 0) is 20.9 Å². The van der Waals surface area contributed by atoms with Gasteiger partial charge in [-0.1, -0.05) is 42.6 Å². The lowest BCUT2D eigenvalue weighted by Crippen LogP contribution is -2.14. The first-order chi connectivity index (χ1) is 11.1. The molecular weight excluding hydrogens is 312 g/mol. The van der Waals surface area contributed by atoms with Crippen LogP contribution in [0.4, 0.5) is 0 Å². The number of allylic oxidation sites excluding steroid dienone is 4. The minimum Gasteiger partial charge on any atom is -0.497 e. The molecule has 0 amide bonds. The van der Waals surface area contributed by atoms with Crippen molar-refractivity contribution in [1.82, 2.24) is 0 Å². The maximum Gasteiger partial charge on any atom is 0.313 e. The molecule has 0 saturated heterocycles. The zero-order chi connectivity index (χ0) is 16.7. The van der Waals surface area contributed by atoms with Crippen LogP contribution in [0.1, 0.15) is 24.8 Å². The summed E-state index contributed by atoms with van der Waals surface area (Å²) in [6, 6.07) is 7.20. The van der Waals surface area contributed by atoms with Crippen molar-refractivity contribution in [2.45, 2.75) is 25.9 Å². The average Bonchev–Trinajstić information content (AvgIpc) is 2.55. The van der Waals surface area contributed by atoms with E-state index in [0.29, 0.717) is 6.42 Å². The molecule has 0 saturated carbocycles. The third kappa shape index (κ3) is 5.45. The number of esters is 1. The van der Waals surface area contributed by atoms with Gasteiger partial charge in [0.2, 0.25) is 0 Å². The smallest absolute Gasteiger partial charge is 0.313 e. The van der Waals surface area contributed by atoms with Crippen LogP contribution in [0.25, 0.3) is 0 Å². The second-order valence-electron chi connectivity index (χ2n) is 5.15. The average molecular weight is 330 g/mol. The number of carbonyl (C=O) groups is 2. The number of methoxy groups -OCH3 is 1. The molecule has 0 aromatic heterocycles. The van der Waals surface area contributed by atoms with Crippen LogP contribution in [-0.4, -0.2) is 23.7 Å². The minimum absolute atomic E-state index is 0.139. The van der Waals surface area contributed by atoms with Gasteiger partial charge >= 0.3 is 5.97 Å². The molecule has 4 nitrogen and oxygen atoms in total. The summed E-state index contributed by atoms with van der Waals surface area (Å²) >= 11 is 5.20. The van der Waals surface area contributed by atoms with E-state index >= 15 is 0 Å². The maximum atomic E-state index is 11.9. The number of hydrogen-bond donors (Lipinski definition) is 0. The van der Waals surface area contributed by atoms with Crippen molar-refractivity contribution >= 4 is 28.8 Å². The number of ether oxygens (including phenoxy) is 2. The molecule has 0 aliphatic heterocycles. The molecule has 0 N–H and O–H groups in total. The van der Waals surface area contributed by atoms with Crippen molar-refractivity contribution in [3.63, 3.8) is 0 Å². The molecule has 2 rings (SSSR count). The fourth-order valence-corrected chi connectivity index (χ4v) is 2.35. The van der Waals surface area contributed by atoms with Gasteiger partial charge in [0.05, 0.1) is 7.11 Å². The highest BCUT2D eigenvalue weighted by Crippen LogP contribution is 2.15. The Hall–Kier alpha value is -2.27. The van der Waals surface area contributed by atoms with Crippen molar-refractivity contribution in [3.05, 3.63) is 53.6 Å². The number of Topliss-reactive ketones (excluding diaryl/α,β-unsaturated/α-hetero) is 1. The molecule has 0 heterocycles. The highest BCUT2D eigenvalue weighted by Gasteiger charge is 2.15. The molecule has 0 bridgehead atoms. The quantitative estimate of drug-likeness (QED) is 0.436. The number of hydrogen-bond acceptors (Lipinski definition) is 5. The first kappa shape index (κ1) is 17.1. The molecule has 0 spiro atoms. The van der Waals surface area contributed by atoms with E-state index in [1.807, 2.05) is 30.4 Å². The molecule has 0 atom stereocenters. The maximum absolute atomic E-state index is 11.9. The zero-order valence-corrected chi connectivity index (χ0v) is 13.7. The van der Waals surface area contributed by atoms with Crippen LogP contribution >= 0.6 is 12.2 Å². The predicted molar refractivity (Wildman–Crippen MR) is 91.5 cm³/mol. The number of rotatable bonds is 7. The van der Waals surface area contributed by atoms with Crippen molar-refractivity contribution in [2.24, 2.45) is 0 Å². The molecule has 0 radical (unpaired) electrons. The molecule has 5 heteroatoms. The van der Waals surface area contributed by atoms with Crippen LogP contribution in [0.5, 0.6) is 5.75 Å². The standard InChI is InChI=1S/C18H18O4S/c1-21-16-8-6-13(7-9-16)12-22-18(20)11-15(19)10-14-4-2-3-5-17(14)23/h2-4,6-9H,5,10-12H2,1H3. The van der Waals surface area contributed by atoms with Crippen molar-refractivity contribution in [1.29, 1.82) is 0 Å². The second-order valence-corrected chi connectivity index (χ2v) is 5.64. The van der Waals surface area contributed by atoms with Gasteiger partial charge in [-0.25, -0.2) is 0 Å².